The van der Waals surface area contributed by atoms with Crippen LogP contribution in [-0.4, -0.2) is 13.3 Å². The van der Waals surface area contributed by atoms with Gasteiger partial charge in [-0.25, -0.2) is 0 Å². The summed E-state index contributed by atoms with van der Waals surface area (Å²) in [5.74, 6) is -0.202. The maximum atomic E-state index is 12.3. The third-order valence-corrected chi connectivity index (χ3v) is 4.65. The highest BCUT2D eigenvalue weighted by atomic mass is 35.5. The average molecular weight is 362 g/mol. The van der Waals surface area contributed by atoms with Crippen LogP contribution in [0.15, 0.2) is 41.3 Å². The molecule has 2 aromatic rings. The minimum absolute atomic E-state index is 0.102. The summed E-state index contributed by atoms with van der Waals surface area (Å²) in [6.07, 6.45) is 0. The van der Waals surface area contributed by atoms with Gasteiger partial charge < -0.3 is 4.18 Å². The summed E-state index contributed by atoms with van der Waals surface area (Å²) in [7, 11) is -4.16. The molecule has 0 aromatic heterocycles. The average Bonchev–Trinajstić information content (AvgIpc) is 2.43. The standard InChI is InChI=1S/C13H9Cl2NO5S/c1-8-2-3-9(14)6-13(8)22(19,20)21-12-5-4-10(16(17)18)7-11(12)15/h2-7H,1H3. The van der Waals surface area contributed by atoms with Crippen LogP contribution in [0.3, 0.4) is 0 Å². The Morgan fingerprint density at radius 2 is 1.82 bits per heavy atom. The van der Waals surface area contributed by atoms with Gasteiger partial charge in [-0.15, -0.1) is 0 Å². The molecular formula is C13H9Cl2NO5S. The predicted molar refractivity (Wildman–Crippen MR) is 82.1 cm³/mol. The summed E-state index contributed by atoms with van der Waals surface area (Å²) in [6.45, 7) is 1.59. The van der Waals surface area contributed by atoms with Gasteiger partial charge in [0.05, 0.1) is 9.95 Å². The zero-order valence-corrected chi connectivity index (χ0v) is 13.4. The van der Waals surface area contributed by atoms with E-state index in [1.54, 1.807) is 13.0 Å². The molecule has 0 aliphatic carbocycles. The van der Waals surface area contributed by atoms with Crippen molar-refractivity contribution in [2.75, 3.05) is 0 Å². The van der Waals surface area contributed by atoms with Gasteiger partial charge in [0, 0.05) is 17.2 Å². The molecule has 116 valence electrons. The van der Waals surface area contributed by atoms with Gasteiger partial charge in [0.1, 0.15) is 4.90 Å². The van der Waals surface area contributed by atoms with E-state index >= 15 is 0 Å². The molecule has 2 rings (SSSR count). The van der Waals surface area contributed by atoms with E-state index in [9.17, 15) is 18.5 Å². The number of nitro groups is 1. The van der Waals surface area contributed by atoms with Gasteiger partial charge in [0.2, 0.25) is 0 Å². The van der Waals surface area contributed by atoms with Crippen molar-refractivity contribution in [2.24, 2.45) is 0 Å². The molecule has 0 saturated carbocycles. The van der Waals surface area contributed by atoms with E-state index in [2.05, 4.69) is 0 Å². The van der Waals surface area contributed by atoms with Crippen LogP contribution in [0.2, 0.25) is 10.0 Å². The van der Waals surface area contributed by atoms with Crippen molar-refractivity contribution in [2.45, 2.75) is 11.8 Å². The molecule has 0 atom stereocenters. The van der Waals surface area contributed by atoms with Gasteiger partial charge in [-0.1, -0.05) is 29.3 Å². The van der Waals surface area contributed by atoms with Gasteiger partial charge in [0.15, 0.2) is 5.75 Å². The molecule has 0 unspecified atom stereocenters. The minimum Gasteiger partial charge on any atom is -0.377 e. The quantitative estimate of drug-likeness (QED) is 0.467. The first kappa shape index (κ1) is 16.5. The lowest BCUT2D eigenvalue weighted by atomic mass is 10.2. The maximum Gasteiger partial charge on any atom is 0.339 e. The SMILES string of the molecule is Cc1ccc(Cl)cc1S(=O)(=O)Oc1ccc([N+](=O)[O-])cc1Cl. The lowest BCUT2D eigenvalue weighted by molar-refractivity contribution is -0.384. The van der Waals surface area contributed by atoms with Gasteiger partial charge >= 0.3 is 10.1 Å². The largest absolute Gasteiger partial charge is 0.377 e. The number of aryl methyl sites for hydroxylation is 1. The lowest BCUT2D eigenvalue weighted by Crippen LogP contribution is -2.11. The topological polar surface area (TPSA) is 86.5 Å². The molecule has 0 bridgehead atoms. The number of hydrogen-bond donors (Lipinski definition) is 0. The highest BCUT2D eigenvalue weighted by Gasteiger charge is 2.22. The van der Waals surface area contributed by atoms with Crippen LogP contribution in [0, 0.1) is 17.0 Å². The Kier molecular flexibility index (Phi) is 4.60. The van der Waals surface area contributed by atoms with Crippen LogP contribution < -0.4 is 4.18 Å². The Hall–Kier alpha value is -1.83. The van der Waals surface area contributed by atoms with Crippen LogP contribution in [0.25, 0.3) is 0 Å². The summed E-state index contributed by atoms with van der Waals surface area (Å²) in [5.41, 5.74) is 0.177. The number of benzene rings is 2. The van der Waals surface area contributed by atoms with Crippen LogP contribution in [0.4, 0.5) is 5.69 Å². The van der Waals surface area contributed by atoms with Crippen LogP contribution >= 0.6 is 23.2 Å². The zero-order valence-electron chi connectivity index (χ0n) is 11.1. The van der Waals surface area contributed by atoms with E-state index in [0.29, 0.717) is 5.56 Å². The second kappa shape index (κ2) is 6.12. The molecule has 0 aliphatic rings. The molecule has 6 nitrogen and oxygen atoms in total. The highest BCUT2D eigenvalue weighted by molar-refractivity contribution is 7.87. The van der Waals surface area contributed by atoms with E-state index < -0.39 is 15.0 Å². The monoisotopic (exact) mass is 361 g/mol. The normalized spacial score (nSPS) is 11.2. The molecule has 0 spiro atoms. The first-order valence-electron chi connectivity index (χ1n) is 5.85. The third kappa shape index (κ3) is 3.49. The second-order valence-corrected chi connectivity index (χ2v) is 6.68. The van der Waals surface area contributed by atoms with Gasteiger partial charge in [-0.2, -0.15) is 8.42 Å². The van der Waals surface area contributed by atoms with Crippen molar-refractivity contribution < 1.29 is 17.5 Å². The van der Waals surface area contributed by atoms with E-state index in [0.717, 1.165) is 18.2 Å². The van der Waals surface area contributed by atoms with Crippen molar-refractivity contribution >= 4 is 39.0 Å². The van der Waals surface area contributed by atoms with Crippen molar-refractivity contribution in [1.82, 2.24) is 0 Å². The number of hydrogen-bond acceptors (Lipinski definition) is 5. The fourth-order valence-electron chi connectivity index (χ4n) is 1.68. The first-order chi connectivity index (χ1) is 10.2. The van der Waals surface area contributed by atoms with Crippen molar-refractivity contribution in [3.05, 3.63) is 62.1 Å². The van der Waals surface area contributed by atoms with E-state index in [-0.39, 0.29) is 26.4 Å². The summed E-state index contributed by atoms with van der Waals surface area (Å²) in [4.78, 5) is 9.88. The Morgan fingerprint density at radius 1 is 1.14 bits per heavy atom. The molecule has 0 saturated heterocycles. The van der Waals surface area contributed by atoms with Crippen LogP contribution in [0.5, 0.6) is 5.75 Å². The molecule has 0 fully saturated rings. The summed E-state index contributed by atoms with van der Waals surface area (Å²) < 4.78 is 29.5. The van der Waals surface area contributed by atoms with Crippen LogP contribution in [0.1, 0.15) is 5.56 Å². The molecular weight excluding hydrogens is 353 g/mol. The number of nitro benzene ring substituents is 1. The fraction of sp³-hybridized carbons (Fsp3) is 0.0769. The van der Waals surface area contributed by atoms with Gasteiger partial charge in [-0.3, -0.25) is 10.1 Å². The highest BCUT2D eigenvalue weighted by Crippen LogP contribution is 2.32. The van der Waals surface area contributed by atoms with Crippen molar-refractivity contribution in [3.63, 3.8) is 0 Å². The molecule has 22 heavy (non-hydrogen) atoms. The maximum absolute atomic E-state index is 12.3. The summed E-state index contributed by atoms with van der Waals surface area (Å²) in [5, 5.41) is 10.7. The number of rotatable bonds is 4. The van der Waals surface area contributed by atoms with Gasteiger partial charge in [-0.05, 0) is 30.7 Å². The van der Waals surface area contributed by atoms with Crippen molar-refractivity contribution in [3.8, 4) is 5.75 Å². The molecule has 0 N–H and O–H groups in total. The summed E-state index contributed by atoms with van der Waals surface area (Å²) >= 11 is 11.6. The molecule has 0 amide bonds. The van der Waals surface area contributed by atoms with E-state index in [4.69, 9.17) is 27.4 Å². The minimum atomic E-state index is -4.16. The Balaban J connectivity index is 2.41. The number of nitrogens with zero attached hydrogens (tertiary/aromatic N) is 1. The molecule has 0 heterocycles. The Labute approximate surface area is 136 Å². The van der Waals surface area contributed by atoms with E-state index in [1.165, 1.54) is 12.1 Å². The van der Waals surface area contributed by atoms with Gasteiger partial charge in [0.25, 0.3) is 5.69 Å². The number of non-ortho nitro benzene ring substituents is 1. The van der Waals surface area contributed by atoms with E-state index in [1.807, 2.05) is 0 Å². The van der Waals surface area contributed by atoms with Crippen LogP contribution in [-0.2, 0) is 10.1 Å². The predicted octanol–water partition coefficient (Wildman–Crippen LogP) is 3.98. The molecule has 9 heteroatoms. The smallest absolute Gasteiger partial charge is 0.339 e. The Bertz CT molecular complexity index is 852. The zero-order chi connectivity index (χ0) is 16.5. The fourth-order valence-corrected chi connectivity index (χ4v) is 3.38. The van der Waals surface area contributed by atoms with Crippen molar-refractivity contribution in [1.29, 1.82) is 0 Å². The lowest BCUT2D eigenvalue weighted by Gasteiger charge is -2.10. The first-order valence-corrected chi connectivity index (χ1v) is 8.02. The second-order valence-electron chi connectivity index (χ2n) is 4.32. The molecule has 0 aliphatic heterocycles. The summed E-state index contributed by atoms with van der Waals surface area (Å²) in [6, 6.07) is 7.58. The molecule has 0 radical (unpaired) electrons. The Morgan fingerprint density at radius 3 is 2.41 bits per heavy atom. The third-order valence-electron chi connectivity index (χ3n) is 2.75. The molecule has 2 aromatic carbocycles. The number of halogens is 2.